The summed E-state index contributed by atoms with van der Waals surface area (Å²) in [5.74, 6) is -1.07. The fraction of sp³-hybridized carbons (Fsp3) is 0.333. The predicted octanol–water partition coefficient (Wildman–Crippen LogP) is 7.33. The number of hydrogen-bond acceptors (Lipinski definition) is 2. The van der Waals surface area contributed by atoms with Gasteiger partial charge in [0.05, 0.1) is 22.2 Å². The number of fused-ring (bicyclic) bond motifs is 1. The first-order valence-electron chi connectivity index (χ1n) is 12.5. The Morgan fingerprint density at radius 3 is 2.20 bits per heavy atom. The first kappa shape index (κ1) is 27.6. The molecule has 0 aliphatic heterocycles. The molecule has 2 N–H and O–H groups in total. The average Bonchev–Trinajstić information content (AvgIpc) is 3.57. The molecular formula is C30H38N2O3. The van der Waals surface area contributed by atoms with E-state index in [1.54, 1.807) is 24.3 Å². The lowest BCUT2D eigenvalue weighted by atomic mass is 10.0. The molecule has 1 aromatic heterocycles. The standard InChI is InChI=1S/C26H26N2O3.2C2H6/c1-3-6-18(4-2)17-28-16-13-19-7-5-8-22(23(19)28)24(29)27-26(14-15-26)21-11-9-20(10-12-21)25(30)31;2*1-2/h3-13,16H,14-15,17H2,1-2H3,(H,27,29)(H,30,31);2*1-2H3/b6-3-,18-4+;;. The number of carbonyl (C=O) groups excluding carboxylic acids is 1. The van der Waals surface area contributed by atoms with Crippen molar-refractivity contribution in [3.05, 3.63) is 95.2 Å². The van der Waals surface area contributed by atoms with Crippen molar-refractivity contribution in [2.45, 2.75) is 66.5 Å². The van der Waals surface area contributed by atoms with Crippen LogP contribution in [0.3, 0.4) is 0 Å². The zero-order valence-electron chi connectivity index (χ0n) is 21.8. The molecule has 4 rings (SSSR count). The van der Waals surface area contributed by atoms with Gasteiger partial charge in [0.1, 0.15) is 0 Å². The fourth-order valence-electron chi connectivity index (χ4n) is 4.05. The number of amides is 1. The van der Waals surface area contributed by atoms with Gasteiger partial charge in [-0.3, -0.25) is 4.79 Å². The average molecular weight is 475 g/mol. The van der Waals surface area contributed by atoms with E-state index < -0.39 is 11.5 Å². The molecule has 0 spiro atoms. The zero-order chi connectivity index (χ0) is 26.0. The molecule has 0 atom stereocenters. The number of carbonyl (C=O) groups is 2. The highest BCUT2D eigenvalue weighted by Crippen LogP contribution is 2.45. The Hall–Kier alpha value is -3.60. The lowest BCUT2D eigenvalue weighted by Crippen LogP contribution is -2.35. The Kier molecular flexibility index (Phi) is 10.1. The van der Waals surface area contributed by atoms with Gasteiger partial charge in [0, 0.05) is 18.1 Å². The number of nitrogens with one attached hydrogen (secondary N) is 1. The first-order chi connectivity index (χ1) is 17.0. The number of allylic oxidation sites excluding steroid dienone is 4. The van der Waals surface area contributed by atoms with Gasteiger partial charge in [-0.05, 0) is 62.1 Å². The Labute approximate surface area is 209 Å². The maximum absolute atomic E-state index is 13.3. The van der Waals surface area contributed by atoms with Crippen LogP contribution in [-0.4, -0.2) is 21.6 Å². The van der Waals surface area contributed by atoms with Gasteiger partial charge in [0.25, 0.3) is 5.91 Å². The lowest BCUT2D eigenvalue weighted by molar-refractivity contribution is 0.0696. The van der Waals surface area contributed by atoms with Gasteiger partial charge in [0.2, 0.25) is 0 Å². The van der Waals surface area contributed by atoms with Crippen molar-refractivity contribution in [3.63, 3.8) is 0 Å². The SMILES string of the molecule is C/C=C\C(=C/C)Cn1ccc2cccc(C(=O)NC3(c4ccc(C(=O)O)cc4)CC3)c21.CC.CC. The molecule has 1 aliphatic rings. The summed E-state index contributed by atoms with van der Waals surface area (Å²) < 4.78 is 2.11. The van der Waals surface area contributed by atoms with Crippen molar-refractivity contribution in [1.29, 1.82) is 0 Å². The van der Waals surface area contributed by atoms with Crippen molar-refractivity contribution < 1.29 is 14.7 Å². The number of benzene rings is 2. The van der Waals surface area contributed by atoms with E-state index in [0.717, 1.165) is 29.3 Å². The molecular weight excluding hydrogens is 436 g/mol. The highest BCUT2D eigenvalue weighted by atomic mass is 16.4. The monoisotopic (exact) mass is 474 g/mol. The summed E-state index contributed by atoms with van der Waals surface area (Å²) in [7, 11) is 0. The number of rotatable bonds is 7. The van der Waals surface area contributed by atoms with E-state index in [2.05, 4.69) is 22.0 Å². The van der Waals surface area contributed by atoms with Crippen molar-refractivity contribution in [2.75, 3.05) is 0 Å². The maximum Gasteiger partial charge on any atom is 0.335 e. The smallest absolute Gasteiger partial charge is 0.335 e. The molecule has 35 heavy (non-hydrogen) atoms. The maximum atomic E-state index is 13.3. The van der Waals surface area contributed by atoms with Crippen LogP contribution in [0.5, 0.6) is 0 Å². The molecule has 1 amide bonds. The second-order valence-electron chi connectivity index (χ2n) is 7.97. The third-order valence-corrected chi connectivity index (χ3v) is 5.92. The van der Waals surface area contributed by atoms with Crippen molar-refractivity contribution in [1.82, 2.24) is 9.88 Å². The Balaban J connectivity index is 0.00000103. The Morgan fingerprint density at radius 1 is 1.00 bits per heavy atom. The molecule has 1 aliphatic carbocycles. The fourth-order valence-corrected chi connectivity index (χ4v) is 4.05. The van der Waals surface area contributed by atoms with Crippen LogP contribution >= 0.6 is 0 Å². The van der Waals surface area contributed by atoms with Crippen molar-refractivity contribution in [2.24, 2.45) is 0 Å². The second-order valence-corrected chi connectivity index (χ2v) is 7.97. The Bertz CT molecular complexity index is 1200. The van der Waals surface area contributed by atoms with Crippen LogP contribution in [-0.2, 0) is 12.1 Å². The molecule has 186 valence electrons. The van der Waals surface area contributed by atoms with E-state index in [9.17, 15) is 9.59 Å². The van der Waals surface area contributed by atoms with E-state index in [0.29, 0.717) is 12.1 Å². The van der Waals surface area contributed by atoms with E-state index in [4.69, 9.17) is 5.11 Å². The van der Waals surface area contributed by atoms with Crippen molar-refractivity contribution >= 4 is 22.8 Å². The van der Waals surface area contributed by atoms with Gasteiger partial charge in [-0.2, -0.15) is 0 Å². The van der Waals surface area contributed by atoms with Gasteiger partial charge in [-0.1, -0.05) is 70.2 Å². The topological polar surface area (TPSA) is 71.3 Å². The minimum atomic E-state index is -0.953. The van der Waals surface area contributed by atoms with Crippen LogP contribution < -0.4 is 5.32 Å². The summed E-state index contributed by atoms with van der Waals surface area (Å²) in [5, 5.41) is 13.4. The van der Waals surface area contributed by atoms with E-state index in [-0.39, 0.29) is 11.5 Å². The summed E-state index contributed by atoms with van der Waals surface area (Å²) in [6, 6.07) is 14.6. The number of nitrogens with zero attached hydrogens (tertiary/aromatic N) is 1. The molecule has 0 unspecified atom stereocenters. The third kappa shape index (κ3) is 6.30. The molecule has 1 heterocycles. The van der Waals surface area contributed by atoms with Gasteiger partial charge >= 0.3 is 5.97 Å². The highest BCUT2D eigenvalue weighted by molar-refractivity contribution is 6.06. The summed E-state index contributed by atoms with van der Waals surface area (Å²) in [4.78, 5) is 24.5. The number of carboxylic acid groups (broad SMARTS) is 1. The number of hydrogen-bond donors (Lipinski definition) is 2. The molecule has 1 fully saturated rings. The normalized spacial score (nSPS) is 13.9. The molecule has 0 radical (unpaired) electrons. The van der Waals surface area contributed by atoms with Crippen LogP contribution in [0.25, 0.3) is 10.9 Å². The van der Waals surface area contributed by atoms with Crippen LogP contribution in [0, 0.1) is 0 Å². The molecule has 3 aromatic rings. The summed E-state index contributed by atoms with van der Waals surface area (Å²) in [5.41, 5.74) is 3.50. The minimum absolute atomic E-state index is 0.113. The molecule has 2 aromatic carbocycles. The van der Waals surface area contributed by atoms with Gasteiger partial charge in [-0.25, -0.2) is 4.79 Å². The molecule has 0 bridgehead atoms. The number of carboxylic acids is 1. The van der Waals surface area contributed by atoms with E-state index in [1.165, 1.54) is 5.57 Å². The van der Waals surface area contributed by atoms with Crippen LogP contribution in [0.2, 0.25) is 0 Å². The van der Waals surface area contributed by atoms with Crippen molar-refractivity contribution in [3.8, 4) is 0 Å². The van der Waals surface area contributed by atoms with Gasteiger partial charge < -0.3 is 15.0 Å². The zero-order valence-corrected chi connectivity index (χ0v) is 21.8. The number of aromatic nitrogens is 1. The predicted molar refractivity (Wildman–Crippen MR) is 145 cm³/mol. The summed E-state index contributed by atoms with van der Waals surface area (Å²) in [6.45, 7) is 12.7. The van der Waals surface area contributed by atoms with Gasteiger partial charge in [-0.15, -0.1) is 0 Å². The largest absolute Gasteiger partial charge is 0.478 e. The summed E-state index contributed by atoms with van der Waals surface area (Å²) >= 11 is 0. The van der Waals surface area contributed by atoms with Crippen LogP contribution in [0.4, 0.5) is 0 Å². The first-order valence-corrected chi connectivity index (χ1v) is 12.5. The minimum Gasteiger partial charge on any atom is -0.478 e. The van der Waals surface area contributed by atoms with Gasteiger partial charge in [0.15, 0.2) is 0 Å². The second kappa shape index (κ2) is 12.7. The number of para-hydroxylation sites is 1. The molecule has 1 saturated carbocycles. The number of aromatic carboxylic acids is 1. The van der Waals surface area contributed by atoms with E-state index >= 15 is 0 Å². The quantitative estimate of drug-likeness (QED) is 0.352. The highest BCUT2D eigenvalue weighted by Gasteiger charge is 2.46. The summed E-state index contributed by atoms with van der Waals surface area (Å²) in [6.07, 6.45) is 9.87. The van der Waals surface area contributed by atoms with Crippen LogP contribution in [0.1, 0.15) is 80.7 Å². The van der Waals surface area contributed by atoms with Crippen LogP contribution in [0.15, 0.2) is 78.5 Å². The molecule has 5 nitrogen and oxygen atoms in total. The Morgan fingerprint density at radius 2 is 1.66 bits per heavy atom. The molecule has 0 saturated heterocycles. The molecule has 5 heteroatoms. The lowest BCUT2D eigenvalue weighted by Gasteiger charge is -2.19. The van der Waals surface area contributed by atoms with E-state index in [1.807, 2.05) is 78.1 Å². The third-order valence-electron chi connectivity index (χ3n) is 5.92.